The Kier molecular flexibility index (Phi) is 5.72. The predicted octanol–water partition coefficient (Wildman–Crippen LogP) is 2.66. The number of amides is 1. The molecule has 1 aromatic heterocycles. The van der Waals surface area contributed by atoms with E-state index in [1.807, 2.05) is 13.0 Å². The van der Waals surface area contributed by atoms with Crippen LogP contribution in [0.4, 0.5) is 0 Å². The summed E-state index contributed by atoms with van der Waals surface area (Å²) in [5, 5.41) is 12.7. The summed E-state index contributed by atoms with van der Waals surface area (Å²) in [6.45, 7) is 5.19. The first-order valence-corrected chi connectivity index (χ1v) is 9.60. The van der Waals surface area contributed by atoms with Crippen LogP contribution < -0.4 is 15.7 Å². The molecule has 0 radical (unpaired) electrons. The van der Waals surface area contributed by atoms with Crippen LogP contribution in [0.3, 0.4) is 0 Å². The molecule has 0 saturated heterocycles. The van der Waals surface area contributed by atoms with Crippen LogP contribution in [0.5, 0.6) is 5.75 Å². The highest BCUT2D eigenvalue weighted by molar-refractivity contribution is 5.87. The maximum atomic E-state index is 12.4. The average Bonchev–Trinajstić information content (AvgIpc) is 3.15. The monoisotopic (exact) mass is 387 g/mol. The number of nitrogens with one attached hydrogen (secondary N) is 1. The number of carboxylic acid groups (broad SMARTS) is 1. The fourth-order valence-electron chi connectivity index (χ4n) is 3.55. The molecule has 1 aromatic carbocycles. The highest BCUT2D eigenvalue weighted by atomic mass is 16.5. The first kappa shape index (κ1) is 19.9. The summed E-state index contributed by atoms with van der Waals surface area (Å²) in [5.41, 5.74) is 1.89. The van der Waals surface area contributed by atoms with E-state index < -0.39 is 24.0 Å². The molecule has 0 fully saturated rings. The van der Waals surface area contributed by atoms with Crippen LogP contribution in [0.2, 0.25) is 0 Å². The van der Waals surface area contributed by atoms with Crippen molar-refractivity contribution < 1.29 is 23.8 Å². The van der Waals surface area contributed by atoms with Crippen LogP contribution in [0.15, 0.2) is 27.4 Å². The number of aryl methyl sites for hydroxylation is 1. The van der Waals surface area contributed by atoms with Crippen molar-refractivity contribution >= 4 is 22.8 Å². The van der Waals surface area contributed by atoms with Crippen LogP contribution in [0, 0.1) is 5.92 Å². The Morgan fingerprint density at radius 2 is 1.96 bits per heavy atom. The number of carbonyl (C=O) groups excluding carboxylic acids is 1. The number of fused-ring (bicyclic) bond motifs is 3. The second-order valence-electron chi connectivity index (χ2n) is 7.33. The molecule has 0 spiro atoms. The summed E-state index contributed by atoms with van der Waals surface area (Å²) < 4.78 is 11.1. The van der Waals surface area contributed by atoms with Gasteiger partial charge in [0.05, 0.1) is 0 Å². The number of benzene rings is 1. The first-order chi connectivity index (χ1) is 13.3. The lowest BCUT2D eigenvalue weighted by atomic mass is 9.99. The molecule has 2 aromatic rings. The maximum absolute atomic E-state index is 12.4. The molecule has 1 aliphatic carbocycles. The second kappa shape index (κ2) is 8.04. The zero-order valence-corrected chi connectivity index (χ0v) is 16.3. The summed E-state index contributed by atoms with van der Waals surface area (Å²) >= 11 is 0. The predicted molar refractivity (Wildman–Crippen MR) is 104 cm³/mol. The summed E-state index contributed by atoms with van der Waals surface area (Å²) in [6, 6.07) is 4.19. The number of carbonyl (C=O) groups is 2. The molecule has 1 amide bonds. The third-order valence-corrected chi connectivity index (χ3v) is 5.40. The van der Waals surface area contributed by atoms with Gasteiger partial charge in [-0.25, -0.2) is 9.59 Å². The summed E-state index contributed by atoms with van der Waals surface area (Å²) in [5.74, 6) is -1.41. The summed E-state index contributed by atoms with van der Waals surface area (Å²) in [7, 11) is 0. The van der Waals surface area contributed by atoms with Gasteiger partial charge in [-0.3, -0.25) is 4.79 Å². The van der Waals surface area contributed by atoms with Gasteiger partial charge in [-0.1, -0.05) is 20.3 Å². The van der Waals surface area contributed by atoms with Crippen LogP contribution in [-0.4, -0.2) is 29.1 Å². The maximum Gasteiger partial charge on any atom is 0.339 e. The van der Waals surface area contributed by atoms with Crippen molar-refractivity contribution in [1.29, 1.82) is 0 Å². The van der Waals surface area contributed by atoms with Gasteiger partial charge < -0.3 is 19.6 Å². The minimum atomic E-state index is -1.07. The van der Waals surface area contributed by atoms with Gasteiger partial charge in [0.2, 0.25) is 0 Å². The SMILES string of the molecule is CC[C@@H](C)[C@H](NC(=O)C(C)Oc1ccc2c3c(c(=O)oc2c1)CCC3)C(=O)O. The van der Waals surface area contributed by atoms with Crippen LogP contribution in [0.25, 0.3) is 11.0 Å². The lowest BCUT2D eigenvalue weighted by Crippen LogP contribution is -2.49. The highest BCUT2D eigenvalue weighted by Crippen LogP contribution is 2.29. The molecule has 0 bridgehead atoms. The normalized spacial score (nSPS) is 16.2. The molecule has 7 heteroatoms. The molecular weight excluding hydrogens is 362 g/mol. The van der Waals surface area contributed by atoms with Crippen molar-refractivity contribution in [3.63, 3.8) is 0 Å². The van der Waals surface area contributed by atoms with Crippen molar-refractivity contribution in [2.75, 3.05) is 0 Å². The fourth-order valence-corrected chi connectivity index (χ4v) is 3.55. The van der Waals surface area contributed by atoms with E-state index in [2.05, 4.69) is 5.32 Å². The molecule has 3 rings (SSSR count). The molecule has 3 atom stereocenters. The molecule has 150 valence electrons. The summed E-state index contributed by atoms with van der Waals surface area (Å²) in [6.07, 6.45) is 2.26. The van der Waals surface area contributed by atoms with Gasteiger partial charge in [-0.15, -0.1) is 0 Å². The van der Waals surface area contributed by atoms with E-state index >= 15 is 0 Å². The van der Waals surface area contributed by atoms with Gasteiger partial charge in [-0.05, 0) is 49.8 Å². The number of rotatable bonds is 7. The smallest absolute Gasteiger partial charge is 0.339 e. The second-order valence-corrected chi connectivity index (χ2v) is 7.33. The molecule has 2 N–H and O–H groups in total. The van der Waals surface area contributed by atoms with Gasteiger partial charge in [0.25, 0.3) is 5.91 Å². The first-order valence-electron chi connectivity index (χ1n) is 9.60. The molecule has 28 heavy (non-hydrogen) atoms. The molecule has 1 unspecified atom stereocenters. The molecular formula is C21H25NO6. The van der Waals surface area contributed by atoms with E-state index in [1.165, 1.54) is 0 Å². The molecule has 1 heterocycles. The lowest BCUT2D eigenvalue weighted by molar-refractivity contribution is -0.144. The zero-order valence-electron chi connectivity index (χ0n) is 16.3. The van der Waals surface area contributed by atoms with E-state index in [4.69, 9.17) is 9.15 Å². The number of hydrogen-bond donors (Lipinski definition) is 2. The standard InChI is InChI=1S/C21H25NO6/c1-4-11(2)18(20(24)25)22-19(23)12(3)27-13-8-9-15-14-6-5-7-16(14)21(26)28-17(15)10-13/h8-12,18H,4-7H2,1-3H3,(H,22,23)(H,24,25)/t11-,12?,18+/m1/s1. The molecule has 7 nitrogen and oxygen atoms in total. The van der Waals surface area contributed by atoms with Crippen LogP contribution in [0.1, 0.15) is 44.7 Å². The lowest BCUT2D eigenvalue weighted by Gasteiger charge is -2.22. The molecule has 1 aliphatic rings. The molecule has 0 aliphatic heterocycles. The van der Waals surface area contributed by atoms with Crippen LogP contribution >= 0.6 is 0 Å². The third-order valence-electron chi connectivity index (χ3n) is 5.40. The molecule has 0 saturated carbocycles. The Hall–Kier alpha value is -2.83. The van der Waals surface area contributed by atoms with Gasteiger partial charge in [0, 0.05) is 17.0 Å². The van der Waals surface area contributed by atoms with Gasteiger partial charge in [0.1, 0.15) is 17.4 Å². The van der Waals surface area contributed by atoms with Crippen molar-refractivity contribution in [2.24, 2.45) is 5.92 Å². The Balaban J connectivity index is 1.76. The highest BCUT2D eigenvalue weighted by Gasteiger charge is 2.28. The van der Waals surface area contributed by atoms with Crippen molar-refractivity contribution in [3.8, 4) is 5.75 Å². The minimum absolute atomic E-state index is 0.203. The van der Waals surface area contributed by atoms with E-state index in [-0.39, 0.29) is 11.5 Å². The number of ether oxygens (including phenoxy) is 1. The average molecular weight is 387 g/mol. The van der Waals surface area contributed by atoms with E-state index in [9.17, 15) is 19.5 Å². The summed E-state index contributed by atoms with van der Waals surface area (Å²) in [4.78, 5) is 35.9. The number of hydrogen-bond acceptors (Lipinski definition) is 5. The van der Waals surface area contributed by atoms with Crippen LogP contribution in [-0.2, 0) is 22.4 Å². The number of aliphatic carboxylic acids is 1. The third kappa shape index (κ3) is 3.88. The quantitative estimate of drug-likeness (QED) is 0.708. The van der Waals surface area contributed by atoms with Gasteiger partial charge in [-0.2, -0.15) is 0 Å². The van der Waals surface area contributed by atoms with E-state index in [0.717, 1.165) is 35.8 Å². The largest absolute Gasteiger partial charge is 0.481 e. The van der Waals surface area contributed by atoms with E-state index in [1.54, 1.807) is 26.0 Å². The van der Waals surface area contributed by atoms with Gasteiger partial charge >= 0.3 is 11.6 Å². The van der Waals surface area contributed by atoms with Crippen molar-refractivity contribution in [2.45, 2.75) is 58.6 Å². The van der Waals surface area contributed by atoms with E-state index in [0.29, 0.717) is 17.8 Å². The number of carboxylic acids is 1. The topological polar surface area (TPSA) is 106 Å². The van der Waals surface area contributed by atoms with Crippen molar-refractivity contribution in [1.82, 2.24) is 5.32 Å². The Labute approximate surface area is 162 Å². The van der Waals surface area contributed by atoms with Crippen molar-refractivity contribution in [3.05, 3.63) is 39.7 Å². The Bertz CT molecular complexity index is 963. The Morgan fingerprint density at radius 3 is 2.64 bits per heavy atom. The Morgan fingerprint density at radius 1 is 1.25 bits per heavy atom. The zero-order chi connectivity index (χ0) is 20.4. The van der Waals surface area contributed by atoms with Gasteiger partial charge in [0.15, 0.2) is 6.10 Å². The fraction of sp³-hybridized carbons (Fsp3) is 0.476. The minimum Gasteiger partial charge on any atom is -0.481 e.